The number of nitrogens with one attached hydrogen (secondary N) is 1. The number of aryl methyl sites for hydroxylation is 1. The van der Waals surface area contributed by atoms with Crippen molar-refractivity contribution in [1.29, 1.82) is 0 Å². The second-order valence-electron chi connectivity index (χ2n) is 6.79. The molecule has 3 rings (SSSR count). The highest BCUT2D eigenvalue weighted by molar-refractivity contribution is 5.80. The fourth-order valence-corrected chi connectivity index (χ4v) is 3.69. The molecule has 1 aliphatic rings. The fourth-order valence-electron chi connectivity index (χ4n) is 3.69. The van der Waals surface area contributed by atoms with E-state index >= 15 is 0 Å². The Labute approximate surface area is 140 Å². The molecule has 0 bridgehead atoms. The van der Waals surface area contributed by atoms with Gasteiger partial charge in [0, 0.05) is 24.1 Å². The molecule has 0 radical (unpaired) electrons. The highest BCUT2D eigenvalue weighted by Gasteiger charge is 2.28. The zero-order valence-corrected chi connectivity index (χ0v) is 14.1. The summed E-state index contributed by atoms with van der Waals surface area (Å²) in [4.78, 5) is 29.4. The molecule has 1 aromatic heterocycles. The molecule has 0 saturated carbocycles. The zero-order chi connectivity index (χ0) is 17.3. The summed E-state index contributed by atoms with van der Waals surface area (Å²) < 4.78 is 13.2. The van der Waals surface area contributed by atoms with E-state index in [0.29, 0.717) is 23.9 Å². The lowest BCUT2D eigenvalue weighted by atomic mass is 9.96. The quantitative estimate of drug-likeness (QED) is 0.938. The number of nitrogens with zero attached hydrogens (tertiary/aromatic N) is 1. The van der Waals surface area contributed by atoms with E-state index in [-0.39, 0.29) is 29.4 Å². The van der Waals surface area contributed by atoms with Crippen LogP contribution >= 0.6 is 0 Å². The van der Waals surface area contributed by atoms with Crippen LogP contribution in [0, 0.1) is 5.82 Å². The molecule has 1 fully saturated rings. The number of carbonyl (C=O) groups is 1. The first-order valence-electron chi connectivity index (χ1n) is 8.58. The van der Waals surface area contributed by atoms with E-state index in [2.05, 4.69) is 18.8 Å². The average Bonchev–Trinajstić information content (AvgIpc) is 2.52. The number of rotatable bonds is 3. The maximum absolute atomic E-state index is 13.2. The summed E-state index contributed by atoms with van der Waals surface area (Å²) in [6.45, 7) is 4.18. The predicted octanol–water partition coefficient (Wildman–Crippen LogP) is 3.39. The molecule has 1 saturated heterocycles. The van der Waals surface area contributed by atoms with Crippen LogP contribution in [0.2, 0.25) is 0 Å². The smallest absolute Gasteiger partial charge is 0.251 e. The van der Waals surface area contributed by atoms with Gasteiger partial charge in [-0.25, -0.2) is 4.39 Å². The van der Waals surface area contributed by atoms with Gasteiger partial charge in [-0.1, -0.05) is 0 Å². The Kier molecular flexibility index (Phi) is 4.69. The van der Waals surface area contributed by atoms with E-state index in [9.17, 15) is 14.0 Å². The number of piperidine rings is 1. The molecular formula is C19H23FN2O2. The van der Waals surface area contributed by atoms with Crippen LogP contribution in [0.3, 0.4) is 0 Å². The molecule has 2 aromatic rings. The Morgan fingerprint density at radius 3 is 2.67 bits per heavy atom. The number of likely N-dealkylation sites (tertiary alicyclic amines) is 1. The topological polar surface area (TPSA) is 53.2 Å². The van der Waals surface area contributed by atoms with Gasteiger partial charge < -0.3 is 9.88 Å². The molecular weight excluding hydrogens is 307 g/mol. The van der Waals surface area contributed by atoms with Gasteiger partial charge in [0.2, 0.25) is 5.91 Å². The van der Waals surface area contributed by atoms with Gasteiger partial charge in [0.25, 0.3) is 5.56 Å². The Morgan fingerprint density at radius 2 is 1.96 bits per heavy atom. The molecule has 4 nitrogen and oxygen atoms in total. The normalized spacial score (nSPS) is 21.2. The summed E-state index contributed by atoms with van der Waals surface area (Å²) in [5, 5.41) is 0.776. The first kappa shape index (κ1) is 16.7. The van der Waals surface area contributed by atoms with Crippen molar-refractivity contribution in [1.82, 2.24) is 9.88 Å². The van der Waals surface area contributed by atoms with Crippen LogP contribution < -0.4 is 5.56 Å². The van der Waals surface area contributed by atoms with Crippen LogP contribution in [0.15, 0.2) is 29.1 Å². The SMILES string of the molecule is CC1CCCC(C)N1C(=O)CCc1cc2ccc(F)cc2[nH]c1=O. The molecule has 0 aliphatic carbocycles. The third-order valence-corrected chi connectivity index (χ3v) is 4.97. The zero-order valence-electron chi connectivity index (χ0n) is 14.1. The van der Waals surface area contributed by atoms with Crippen molar-refractivity contribution in [2.45, 2.75) is 58.0 Å². The summed E-state index contributed by atoms with van der Waals surface area (Å²) in [6, 6.07) is 6.60. The summed E-state index contributed by atoms with van der Waals surface area (Å²) in [6.07, 6.45) is 3.96. The van der Waals surface area contributed by atoms with Gasteiger partial charge >= 0.3 is 0 Å². The van der Waals surface area contributed by atoms with Crippen molar-refractivity contribution < 1.29 is 9.18 Å². The average molecular weight is 330 g/mol. The Bertz CT molecular complexity index is 805. The van der Waals surface area contributed by atoms with E-state index < -0.39 is 0 Å². The van der Waals surface area contributed by atoms with E-state index in [1.165, 1.54) is 12.1 Å². The third-order valence-electron chi connectivity index (χ3n) is 4.97. The molecule has 2 heterocycles. The maximum Gasteiger partial charge on any atom is 0.251 e. The van der Waals surface area contributed by atoms with Gasteiger partial charge in [-0.2, -0.15) is 0 Å². The molecule has 128 valence electrons. The molecule has 24 heavy (non-hydrogen) atoms. The van der Waals surface area contributed by atoms with E-state index in [0.717, 1.165) is 24.6 Å². The monoisotopic (exact) mass is 330 g/mol. The predicted molar refractivity (Wildman–Crippen MR) is 92.5 cm³/mol. The maximum atomic E-state index is 13.2. The fraction of sp³-hybridized carbons (Fsp3) is 0.474. The van der Waals surface area contributed by atoms with E-state index in [1.807, 2.05) is 4.90 Å². The lowest BCUT2D eigenvalue weighted by Gasteiger charge is -2.39. The first-order valence-corrected chi connectivity index (χ1v) is 8.58. The van der Waals surface area contributed by atoms with E-state index in [1.54, 1.807) is 12.1 Å². The number of benzene rings is 1. The number of hydrogen-bond acceptors (Lipinski definition) is 2. The van der Waals surface area contributed by atoms with Gasteiger partial charge in [0.05, 0.1) is 5.52 Å². The van der Waals surface area contributed by atoms with Crippen LogP contribution in [-0.4, -0.2) is 27.9 Å². The van der Waals surface area contributed by atoms with Gasteiger partial charge in [-0.3, -0.25) is 9.59 Å². The molecule has 2 atom stereocenters. The lowest BCUT2D eigenvalue weighted by Crippen LogP contribution is -2.47. The number of H-pyrrole nitrogens is 1. The summed E-state index contributed by atoms with van der Waals surface area (Å²) in [5.74, 6) is -0.276. The van der Waals surface area contributed by atoms with Crippen molar-refractivity contribution in [2.75, 3.05) is 0 Å². The summed E-state index contributed by atoms with van der Waals surface area (Å²) >= 11 is 0. The second-order valence-corrected chi connectivity index (χ2v) is 6.79. The minimum atomic E-state index is -0.380. The van der Waals surface area contributed by atoms with Crippen LogP contribution in [0.25, 0.3) is 10.9 Å². The molecule has 1 amide bonds. The van der Waals surface area contributed by atoms with Crippen molar-refractivity contribution in [3.63, 3.8) is 0 Å². The van der Waals surface area contributed by atoms with Crippen LogP contribution in [0.5, 0.6) is 0 Å². The number of halogens is 1. The Balaban J connectivity index is 1.75. The number of aromatic amines is 1. The van der Waals surface area contributed by atoms with Crippen molar-refractivity contribution in [3.05, 3.63) is 46.0 Å². The molecule has 1 N–H and O–H groups in total. The number of pyridine rings is 1. The highest BCUT2D eigenvalue weighted by atomic mass is 19.1. The van der Waals surface area contributed by atoms with Gasteiger partial charge in [-0.15, -0.1) is 0 Å². The van der Waals surface area contributed by atoms with Gasteiger partial charge in [-0.05, 0) is 69.2 Å². The number of amides is 1. The summed E-state index contributed by atoms with van der Waals surface area (Å²) in [7, 11) is 0. The molecule has 1 aliphatic heterocycles. The van der Waals surface area contributed by atoms with Gasteiger partial charge in [0.1, 0.15) is 5.82 Å². The number of fused-ring (bicyclic) bond motifs is 1. The Hall–Kier alpha value is -2.17. The molecule has 1 aromatic carbocycles. The third kappa shape index (κ3) is 3.35. The van der Waals surface area contributed by atoms with Crippen molar-refractivity contribution in [3.8, 4) is 0 Å². The summed E-state index contributed by atoms with van der Waals surface area (Å²) in [5.41, 5.74) is 0.800. The number of aromatic nitrogens is 1. The van der Waals surface area contributed by atoms with Gasteiger partial charge in [0.15, 0.2) is 0 Å². The van der Waals surface area contributed by atoms with Crippen LogP contribution in [0.1, 0.15) is 45.1 Å². The van der Waals surface area contributed by atoms with E-state index in [4.69, 9.17) is 0 Å². The van der Waals surface area contributed by atoms with Crippen molar-refractivity contribution >= 4 is 16.8 Å². The van der Waals surface area contributed by atoms with Crippen LogP contribution in [-0.2, 0) is 11.2 Å². The molecule has 5 heteroatoms. The second kappa shape index (κ2) is 6.75. The molecule has 0 spiro atoms. The lowest BCUT2D eigenvalue weighted by molar-refractivity contribution is -0.137. The largest absolute Gasteiger partial charge is 0.337 e. The highest BCUT2D eigenvalue weighted by Crippen LogP contribution is 2.23. The van der Waals surface area contributed by atoms with Crippen LogP contribution in [0.4, 0.5) is 4.39 Å². The minimum Gasteiger partial charge on any atom is -0.337 e. The number of hydrogen-bond donors (Lipinski definition) is 1. The minimum absolute atomic E-state index is 0.105. The standard InChI is InChI=1S/C19H23FN2O2/c1-12-4-3-5-13(2)22(12)18(23)9-7-15-10-14-6-8-16(20)11-17(14)21-19(15)24/h6,8,10-13H,3-5,7,9H2,1-2H3,(H,21,24). The number of carbonyl (C=O) groups excluding carboxylic acids is 1. The van der Waals surface area contributed by atoms with Crippen molar-refractivity contribution in [2.24, 2.45) is 0 Å². The molecule has 2 unspecified atom stereocenters. The first-order chi connectivity index (χ1) is 11.5. The Morgan fingerprint density at radius 1 is 1.25 bits per heavy atom.